The van der Waals surface area contributed by atoms with Gasteiger partial charge in [-0.25, -0.2) is 0 Å². The predicted octanol–water partition coefficient (Wildman–Crippen LogP) is 4.55. The van der Waals surface area contributed by atoms with Gasteiger partial charge < -0.3 is 9.26 Å². The van der Waals surface area contributed by atoms with Gasteiger partial charge >= 0.3 is 6.18 Å². The average Bonchev–Trinajstić information content (AvgIpc) is 3.09. The molecule has 0 bridgehead atoms. The van der Waals surface area contributed by atoms with Crippen molar-refractivity contribution in [2.45, 2.75) is 19.0 Å². The fourth-order valence-electron chi connectivity index (χ4n) is 2.33. The lowest BCUT2D eigenvalue weighted by molar-refractivity contribution is -0.137. The molecule has 3 aromatic rings. The molecule has 0 aliphatic rings. The zero-order valence-electron chi connectivity index (χ0n) is 13.4. The molecule has 0 aliphatic heterocycles. The van der Waals surface area contributed by atoms with Gasteiger partial charge in [0.1, 0.15) is 5.75 Å². The van der Waals surface area contributed by atoms with Crippen molar-refractivity contribution in [1.29, 1.82) is 0 Å². The Morgan fingerprint density at radius 2 is 1.64 bits per heavy atom. The molecular weight excluding hydrogens is 333 g/mol. The number of nitrogens with zero attached hydrogens (tertiary/aromatic N) is 2. The van der Waals surface area contributed by atoms with Crippen molar-refractivity contribution in [3.63, 3.8) is 0 Å². The number of benzene rings is 2. The fraction of sp³-hybridized carbons (Fsp3) is 0.222. The van der Waals surface area contributed by atoms with Crippen LogP contribution in [-0.4, -0.2) is 17.3 Å². The highest BCUT2D eigenvalue weighted by molar-refractivity contribution is 5.54. The SMILES string of the molecule is COc1ccc(CCc2nc(-c3ccc(C(F)(F)F)cc3)no2)cc1. The topological polar surface area (TPSA) is 48.2 Å². The van der Waals surface area contributed by atoms with Gasteiger partial charge in [-0.05, 0) is 36.2 Å². The van der Waals surface area contributed by atoms with Gasteiger partial charge in [-0.2, -0.15) is 18.2 Å². The summed E-state index contributed by atoms with van der Waals surface area (Å²) in [6, 6.07) is 12.3. The molecule has 7 heteroatoms. The molecule has 1 heterocycles. The first-order chi connectivity index (χ1) is 12.0. The summed E-state index contributed by atoms with van der Waals surface area (Å²) in [5.74, 6) is 1.50. The number of ether oxygens (including phenoxy) is 1. The summed E-state index contributed by atoms with van der Waals surface area (Å²) >= 11 is 0. The Labute approximate surface area is 142 Å². The molecular formula is C18H15F3N2O2. The summed E-state index contributed by atoms with van der Waals surface area (Å²) in [6.45, 7) is 0. The Morgan fingerprint density at radius 3 is 2.24 bits per heavy atom. The third kappa shape index (κ3) is 4.17. The van der Waals surface area contributed by atoms with Crippen LogP contribution in [0.2, 0.25) is 0 Å². The number of hydrogen-bond donors (Lipinski definition) is 0. The van der Waals surface area contributed by atoms with Crippen LogP contribution in [0.25, 0.3) is 11.4 Å². The minimum atomic E-state index is -4.36. The fourth-order valence-corrected chi connectivity index (χ4v) is 2.33. The number of aryl methyl sites for hydroxylation is 2. The van der Waals surface area contributed by atoms with Crippen molar-refractivity contribution in [2.24, 2.45) is 0 Å². The van der Waals surface area contributed by atoms with Crippen LogP contribution in [0, 0.1) is 0 Å². The van der Waals surface area contributed by atoms with Gasteiger partial charge in [0.25, 0.3) is 0 Å². The molecule has 0 spiro atoms. The van der Waals surface area contributed by atoms with Crippen LogP contribution in [0.1, 0.15) is 17.0 Å². The molecule has 2 aromatic carbocycles. The van der Waals surface area contributed by atoms with Crippen molar-refractivity contribution in [1.82, 2.24) is 10.1 Å². The maximum atomic E-state index is 12.6. The first-order valence-electron chi connectivity index (χ1n) is 7.59. The molecule has 25 heavy (non-hydrogen) atoms. The van der Waals surface area contributed by atoms with Crippen molar-refractivity contribution < 1.29 is 22.4 Å². The largest absolute Gasteiger partial charge is 0.497 e. The Hall–Kier alpha value is -2.83. The van der Waals surface area contributed by atoms with Gasteiger partial charge in [0.05, 0.1) is 12.7 Å². The molecule has 0 radical (unpaired) electrons. The maximum Gasteiger partial charge on any atom is 0.416 e. The van der Waals surface area contributed by atoms with Crippen LogP contribution in [0.15, 0.2) is 53.1 Å². The van der Waals surface area contributed by atoms with Crippen LogP contribution in [0.3, 0.4) is 0 Å². The summed E-state index contributed by atoms with van der Waals surface area (Å²) in [6.07, 6.45) is -3.11. The lowest BCUT2D eigenvalue weighted by Crippen LogP contribution is -2.04. The molecule has 0 saturated carbocycles. The zero-order valence-corrected chi connectivity index (χ0v) is 13.4. The van der Waals surface area contributed by atoms with Crippen molar-refractivity contribution in [2.75, 3.05) is 7.11 Å². The van der Waals surface area contributed by atoms with Crippen molar-refractivity contribution in [3.05, 3.63) is 65.5 Å². The number of rotatable bonds is 5. The van der Waals surface area contributed by atoms with Crippen LogP contribution in [-0.2, 0) is 19.0 Å². The molecule has 0 fully saturated rings. The molecule has 0 atom stereocenters. The maximum absolute atomic E-state index is 12.6. The van der Waals surface area contributed by atoms with E-state index in [-0.39, 0.29) is 5.82 Å². The summed E-state index contributed by atoms with van der Waals surface area (Å²) in [4.78, 5) is 4.24. The first kappa shape index (κ1) is 17.0. The summed E-state index contributed by atoms with van der Waals surface area (Å²) in [5, 5.41) is 3.83. The smallest absolute Gasteiger partial charge is 0.416 e. The molecule has 0 aliphatic carbocycles. The van der Waals surface area contributed by atoms with Crippen LogP contribution < -0.4 is 4.74 Å². The summed E-state index contributed by atoms with van der Waals surface area (Å²) in [7, 11) is 1.61. The second kappa shape index (κ2) is 6.96. The first-order valence-corrected chi connectivity index (χ1v) is 7.59. The van der Waals surface area contributed by atoms with E-state index in [0.717, 1.165) is 23.4 Å². The van der Waals surface area contributed by atoms with Crippen molar-refractivity contribution >= 4 is 0 Å². The van der Waals surface area contributed by atoms with Crippen LogP contribution in [0.5, 0.6) is 5.75 Å². The quantitative estimate of drug-likeness (QED) is 0.679. The average molecular weight is 348 g/mol. The second-order valence-electron chi connectivity index (χ2n) is 5.43. The Balaban J connectivity index is 1.65. The van der Waals surface area contributed by atoms with E-state index in [9.17, 15) is 13.2 Å². The minimum absolute atomic E-state index is 0.276. The molecule has 4 nitrogen and oxygen atoms in total. The van der Waals surface area contributed by atoms with Crippen LogP contribution >= 0.6 is 0 Å². The Bertz CT molecular complexity index is 825. The van der Waals surface area contributed by atoms with Gasteiger partial charge in [0.2, 0.25) is 11.7 Å². The van der Waals surface area contributed by atoms with Gasteiger partial charge in [0, 0.05) is 12.0 Å². The van der Waals surface area contributed by atoms with E-state index in [0.29, 0.717) is 24.3 Å². The Kier molecular flexibility index (Phi) is 4.74. The Morgan fingerprint density at radius 1 is 0.960 bits per heavy atom. The molecule has 130 valence electrons. The molecule has 0 saturated heterocycles. The number of halogens is 3. The lowest BCUT2D eigenvalue weighted by atomic mass is 10.1. The highest BCUT2D eigenvalue weighted by Gasteiger charge is 2.30. The number of methoxy groups -OCH3 is 1. The van der Waals surface area contributed by atoms with E-state index in [2.05, 4.69) is 10.1 Å². The molecule has 0 unspecified atom stereocenters. The lowest BCUT2D eigenvalue weighted by Gasteiger charge is -2.05. The molecule has 1 aromatic heterocycles. The van der Waals surface area contributed by atoms with E-state index in [1.54, 1.807) is 7.11 Å². The van der Waals surface area contributed by atoms with Crippen molar-refractivity contribution in [3.8, 4) is 17.1 Å². The highest BCUT2D eigenvalue weighted by Crippen LogP contribution is 2.30. The van der Waals surface area contributed by atoms with Gasteiger partial charge in [-0.15, -0.1) is 0 Å². The van der Waals surface area contributed by atoms with E-state index < -0.39 is 11.7 Å². The van der Waals surface area contributed by atoms with E-state index in [1.807, 2.05) is 24.3 Å². The third-order valence-corrected chi connectivity index (χ3v) is 3.73. The number of hydrogen-bond acceptors (Lipinski definition) is 4. The second-order valence-corrected chi connectivity index (χ2v) is 5.43. The van der Waals surface area contributed by atoms with E-state index >= 15 is 0 Å². The van der Waals surface area contributed by atoms with Gasteiger partial charge in [0.15, 0.2) is 0 Å². The van der Waals surface area contributed by atoms with E-state index in [4.69, 9.17) is 9.26 Å². The predicted molar refractivity (Wildman–Crippen MR) is 85.1 cm³/mol. The minimum Gasteiger partial charge on any atom is -0.497 e. The number of alkyl halides is 3. The molecule has 0 N–H and O–H groups in total. The standard InChI is InChI=1S/C18H15F3N2O2/c1-24-15-9-2-12(3-10-15)4-11-16-22-17(23-25-16)13-5-7-14(8-6-13)18(19,20)21/h2-3,5-10H,4,11H2,1H3. The zero-order chi connectivity index (χ0) is 17.9. The monoisotopic (exact) mass is 348 g/mol. The summed E-state index contributed by atoms with van der Waals surface area (Å²) in [5.41, 5.74) is 0.863. The number of aromatic nitrogens is 2. The highest BCUT2D eigenvalue weighted by atomic mass is 19.4. The normalized spacial score (nSPS) is 11.5. The van der Waals surface area contributed by atoms with Crippen LogP contribution in [0.4, 0.5) is 13.2 Å². The van der Waals surface area contributed by atoms with Gasteiger partial charge in [-0.1, -0.05) is 29.4 Å². The summed E-state index contributed by atoms with van der Waals surface area (Å²) < 4.78 is 48.0. The molecule has 0 amide bonds. The molecule has 3 rings (SSSR count). The van der Waals surface area contributed by atoms with Gasteiger partial charge in [-0.3, -0.25) is 0 Å². The van der Waals surface area contributed by atoms with E-state index in [1.165, 1.54) is 12.1 Å². The third-order valence-electron chi connectivity index (χ3n) is 3.73.